The van der Waals surface area contributed by atoms with Gasteiger partial charge in [0.2, 0.25) is 5.91 Å². The molecule has 3 heteroatoms. The molecule has 0 radical (unpaired) electrons. The van der Waals surface area contributed by atoms with Crippen molar-refractivity contribution in [3.8, 4) is 0 Å². The molecule has 0 spiro atoms. The maximum Gasteiger partial charge on any atom is 0.230 e. The number of nitrogens with zero attached hydrogens (tertiary/aromatic N) is 1. The van der Waals surface area contributed by atoms with Crippen LogP contribution in [0.4, 0.5) is 0 Å². The summed E-state index contributed by atoms with van der Waals surface area (Å²) in [5.74, 6) is 0.111. The Balaban J connectivity index is 2.40. The molecule has 0 saturated carbocycles. The van der Waals surface area contributed by atoms with Crippen LogP contribution in [0.25, 0.3) is 0 Å². The van der Waals surface area contributed by atoms with Crippen LogP contribution in [0.15, 0.2) is 0 Å². The minimum absolute atomic E-state index is 0.0183. The van der Waals surface area contributed by atoms with Gasteiger partial charge in [-0.3, -0.25) is 9.59 Å². The van der Waals surface area contributed by atoms with E-state index in [-0.39, 0.29) is 23.5 Å². The van der Waals surface area contributed by atoms with E-state index in [1.165, 1.54) is 19.3 Å². The quantitative estimate of drug-likeness (QED) is 0.528. The Labute approximate surface area is 105 Å². The van der Waals surface area contributed by atoms with Crippen LogP contribution in [0, 0.1) is 5.41 Å². The molecule has 0 aliphatic carbocycles. The van der Waals surface area contributed by atoms with Crippen LogP contribution in [0.5, 0.6) is 0 Å². The summed E-state index contributed by atoms with van der Waals surface area (Å²) >= 11 is 0. The molecule has 0 bridgehead atoms. The number of likely N-dealkylation sites (tertiary alicyclic amines) is 1. The Bertz CT molecular complexity index is 284. The van der Waals surface area contributed by atoms with Crippen LogP contribution in [0.3, 0.4) is 0 Å². The van der Waals surface area contributed by atoms with Gasteiger partial charge in [0.15, 0.2) is 0 Å². The predicted octanol–water partition coefficient (Wildman–Crippen LogP) is 2.78. The molecule has 1 heterocycles. The highest BCUT2D eigenvalue weighted by Gasteiger charge is 2.28. The fraction of sp³-hybridized carbons (Fsp3) is 0.857. The maximum absolute atomic E-state index is 11.7. The molecule has 0 aromatic carbocycles. The lowest BCUT2D eigenvalue weighted by Gasteiger charge is -2.34. The van der Waals surface area contributed by atoms with Gasteiger partial charge in [-0.05, 0) is 11.8 Å². The highest BCUT2D eigenvalue weighted by molar-refractivity contribution is 6.00. The molecule has 0 N–H and O–H groups in total. The van der Waals surface area contributed by atoms with Crippen molar-refractivity contribution in [1.29, 1.82) is 0 Å². The van der Waals surface area contributed by atoms with Gasteiger partial charge < -0.3 is 4.90 Å². The second-order valence-electron chi connectivity index (χ2n) is 5.90. The summed E-state index contributed by atoms with van der Waals surface area (Å²) in [5.41, 5.74) is 0.172. The molecule has 1 aliphatic rings. The molecule has 98 valence electrons. The lowest BCUT2D eigenvalue weighted by molar-refractivity contribution is -0.140. The smallest absolute Gasteiger partial charge is 0.230 e. The van der Waals surface area contributed by atoms with Crippen LogP contribution in [-0.4, -0.2) is 29.7 Å². The zero-order valence-corrected chi connectivity index (χ0v) is 11.4. The first-order valence-corrected chi connectivity index (χ1v) is 6.74. The summed E-state index contributed by atoms with van der Waals surface area (Å²) in [7, 11) is 0. The molecule has 1 saturated heterocycles. The molecule has 0 atom stereocenters. The number of piperidine rings is 1. The largest absolute Gasteiger partial charge is 0.341 e. The number of amides is 1. The lowest BCUT2D eigenvalue weighted by atomic mass is 9.85. The Morgan fingerprint density at radius 3 is 2.53 bits per heavy atom. The van der Waals surface area contributed by atoms with E-state index in [0.717, 1.165) is 13.0 Å². The number of unbranched alkanes of at least 4 members (excludes halogenated alkanes) is 2. The van der Waals surface area contributed by atoms with E-state index < -0.39 is 0 Å². The molecular weight excluding hydrogens is 214 g/mol. The fourth-order valence-corrected chi connectivity index (χ4v) is 2.37. The van der Waals surface area contributed by atoms with Crippen molar-refractivity contribution < 1.29 is 9.59 Å². The van der Waals surface area contributed by atoms with Gasteiger partial charge in [0.25, 0.3) is 0 Å². The van der Waals surface area contributed by atoms with Crippen molar-refractivity contribution in [2.75, 3.05) is 13.1 Å². The van der Waals surface area contributed by atoms with Crippen LogP contribution in [-0.2, 0) is 9.59 Å². The summed E-state index contributed by atoms with van der Waals surface area (Å²) in [6.07, 6.45) is 5.52. The first kappa shape index (κ1) is 14.2. The van der Waals surface area contributed by atoms with E-state index in [1.807, 2.05) is 4.90 Å². The second-order valence-corrected chi connectivity index (χ2v) is 5.90. The average molecular weight is 239 g/mol. The Morgan fingerprint density at radius 1 is 1.24 bits per heavy atom. The van der Waals surface area contributed by atoms with E-state index in [2.05, 4.69) is 20.8 Å². The zero-order chi connectivity index (χ0) is 12.9. The Kier molecular flexibility index (Phi) is 5.16. The van der Waals surface area contributed by atoms with Crippen molar-refractivity contribution in [2.24, 2.45) is 5.41 Å². The molecule has 1 aliphatic heterocycles. The first-order chi connectivity index (χ1) is 7.94. The summed E-state index contributed by atoms with van der Waals surface area (Å²) in [5, 5.41) is 0. The van der Waals surface area contributed by atoms with Crippen molar-refractivity contribution in [1.82, 2.24) is 4.90 Å². The van der Waals surface area contributed by atoms with Crippen molar-refractivity contribution >= 4 is 11.7 Å². The van der Waals surface area contributed by atoms with Gasteiger partial charge in [0, 0.05) is 19.5 Å². The average Bonchev–Trinajstić information content (AvgIpc) is 2.22. The third-order valence-electron chi connectivity index (χ3n) is 3.44. The maximum atomic E-state index is 11.7. The van der Waals surface area contributed by atoms with Crippen molar-refractivity contribution in [3.05, 3.63) is 0 Å². The van der Waals surface area contributed by atoms with Crippen LogP contribution < -0.4 is 0 Å². The molecule has 0 aromatic heterocycles. The summed E-state index contributed by atoms with van der Waals surface area (Å²) < 4.78 is 0. The van der Waals surface area contributed by atoms with E-state index in [9.17, 15) is 9.59 Å². The van der Waals surface area contributed by atoms with Gasteiger partial charge in [0.1, 0.15) is 5.78 Å². The lowest BCUT2D eigenvalue weighted by Crippen LogP contribution is -2.44. The van der Waals surface area contributed by atoms with Crippen LogP contribution >= 0.6 is 0 Å². The molecule has 1 rings (SSSR count). The van der Waals surface area contributed by atoms with Crippen molar-refractivity contribution in [3.63, 3.8) is 0 Å². The van der Waals surface area contributed by atoms with Crippen LogP contribution in [0.1, 0.15) is 59.3 Å². The van der Waals surface area contributed by atoms with E-state index in [1.54, 1.807) is 0 Å². The van der Waals surface area contributed by atoms with Gasteiger partial charge in [-0.25, -0.2) is 0 Å². The second kappa shape index (κ2) is 6.18. The van der Waals surface area contributed by atoms with Gasteiger partial charge in [-0.2, -0.15) is 0 Å². The standard InChI is InChI=1S/C14H25NO2/c1-4-5-6-8-14(2,3)11-15-9-7-12(16)10-13(15)17/h4-11H2,1-3H3. The highest BCUT2D eigenvalue weighted by Crippen LogP contribution is 2.26. The Hall–Kier alpha value is -0.860. The van der Waals surface area contributed by atoms with Gasteiger partial charge in [-0.1, -0.05) is 40.0 Å². The van der Waals surface area contributed by atoms with Crippen molar-refractivity contribution in [2.45, 2.75) is 59.3 Å². The number of hydrogen-bond acceptors (Lipinski definition) is 2. The molecular formula is C14H25NO2. The minimum Gasteiger partial charge on any atom is -0.341 e. The molecule has 17 heavy (non-hydrogen) atoms. The monoisotopic (exact) mass is 239 g/mol. The molecule has 3 nitrogen and oxygen atoms in total. The summed E-state index contributed by atoms with van der Waals surface area (Å²) in [4.78, 5) is 24.7. The third-order valence-corrected chi connectivity index (χ3v) is 3.44. The fourth-order valence-electron chi connectivity index (χ4n) is 2.37. The third kappa shape index (κ3) is 4.88. The molecule has 1 amide bonds. The molecule has 1 fully saturated rings. The van der Waals surface area contributed by atoms with Crippen LogP contribution in [0.2, 0.25) is 0 Å². The normalized spacial score (nSPS) is 17.7. The first-order valence-electron chi connectivity index (χ1n) is 6.74. The topological polar surface area (TPSA) is 37.4 Å². The van der Waals surface area contributed by atoms with Gasteiger partial charge in [-0.15, -0.1) is 0 Å². The minimum atomic E-state index is 0.0183. The van der Waals surface area contributed by atoms with E-state index in [0.29, 0.717) is 13.0 Å². The molecule has 0 aromatic rings. The predicted molar refractivity (Wildman–Crippen MR) is 68.7 cm³/mol. The number of rotatable bonds is 6. The number of ketones is 1. The van der Waals surface area contributed by atoms with E-state index >= 15 is 0 Å². The number of carbonyl (C=O) groups excluding carboxylic acids is 2. The number of carbonyl (C=O) groups is 2. The summed E-state index contributed by atoms with van der Waals surface area (Å²) in [6.45, 7) is 8.04. The number of hydrogen-bond donors (Lipinski definition) is 0. The molecule has 0 unspecified atom stereocenters. The SMILES string of the molecule is CCCCCC(C)(C)CN1CCC(=O)CC1=O. The van der Waals surface area contributed by atoms with Gasteiger partial charge >= 0.3 is 0 Å². The Morgan fingerprint density at radius 2 is 1.94 bits per heavy atom. The number of Topliss-reactive ketones (excluding diaryl/α,β-unsaturated/α-hetero) is 1. The zero-order valence-electron chi connectivity index (χ0n) is 11.4. The summed E-state index contributed by atoms with van der Waals surface area (Å²) in [6, 6.07) is 0. The highest BCUT2D eigenvalue weighted by atomic mass is 16.2. The van der Waals surface area contributed by atoms with E-state index in [4.69, 9.17) is 0 Å². The van der Waals surface area contributed by atoms with Gasteiger partial charge in [0.05, 0.1) is 6.42 Å².